The molecule has 0 aliphatic carbocycles. The molecule has 2 aromatic rings. The fourth-order valence-corrected chi connectivity index (χ4v) is 2.93. The van der Waals surface area contributed by atoms with Gasteiger partial charge in [0.15, 0.2) is 0 Å². The highest BCUT2D eigenvalue weighted by molar-refractivity contribution is 5.85. The number of rotatable bonds is 4. The van der Waals surface area contributed by atoms with Crippen molar-refractivity contribution >= 4 is 23.4 Å². The van der Waals surface area contributed by atoms with Crippen molar-refractivity contribution in [3.8, 4) is 0 Å². The summed E-state index contributed by atoms with van der Waals surface area (Å²) in [5.74, 6) is 1.22. The second kappa shape index (κ2) is 7.25. The van der Waals surface area contributed by atoms with Gasteiger partial charge in [-0.1, -0.05) is 19.1 Å². The lowest BCUT2D eigenvalue weighted by molar-refractivity contribution is 0.144. The second-order valence-electron chi connectivity index (χ2n) is 5.75. The summed E-state index contributed by atoms with van der Waals surface area (Å²) in [6.45, 7) is 8.88. The molecule has 1 aromatic heterocycles. The third kappa shape index (κ3) is 3.57. The third-order valence-corrected chi connectivity index (χ3v) is 4.14. The highest BCUT2D eigenvalue weighted by Gasteiger charge is 2.17. The first-order chi connectivity index (χ1) is 9.78. The van der Waals surface area contributed by atoms with Crippen LogP contribution in [0, 0.1) is 0 Å². The summed E-state index contributed by atoms with van der Waals surface area (Å²) in [7, 11) is 2.20. The first-order valence-corrected chi connectivity index (χ1v) is 7.63. The predicted molar refractivity (Wildman–Crippen MR) is 90.0 cm³/mol. The number of imidazole rings is 1. The smallest absolute Gasteiger partial charge is 0.124 e. The van der Waals surface area contributed by atoms with Gasteiger partial charge in [-0.05, 0) is 25.6 Å². The molecule has 0 saturated carbocycles. The van der Waals surface area contributed by atoms with Gasteiger partial charge in [0.2, 0.25) is 0 Å². The van der Waals surface area contributed by atoms with E-state index in [4.69, 9.17) is 4.98 Å². The molecule has 116 valence electrons. The van der Waals surface area contributed by atoms with Crippen molar-refractivity contribution in [3.05, 3.63) is 30.1 Å². The van der Waals surface area contributed by atoms with Gasteiger partial charge in [-0.2, -0.15) is 0 Å². The second-order valence-corrected chi connectivity index (χ2v) is 5.75. The number of nitrogens with zero attached hydrogens (tertiary/aromatic N) is 4. The Morgan fingerprint density at radius 1 is 1.10 bits per heavy atom. The van der Waals surface area contributed by atoms with Crippen molar-refractivity contribution in [2.24, 2.45) is 0 Å². The number of aromatic nitrogens is 2. The van der Waals surface area contributed by atoms with Crippen LogP contribution in [-0.4, -0.2) is 52.6 Å². The zero-order valence-electron chi connectivity index (χ0n) is 13.0. The molecule has 0 unspecified atom stereocenters. The fourth-order valence-electron chi connectivity index (χ4n) is 2.93. The minimum Gasteiger partial charge on any atom is -0.327 e. The summed E-state index contributed by atoms with van der Waals surface area (Å²) in [5, 5.41) is 0. The molecule has 21 heavy (non-hydrogen) atoms. The number of piperazine rings is 1. The largest absolute Gasteiger partial charge is 0.327 e. The molecule has 4 nitrogen and oxygen atoms in total. The van der Waals surface area contributed by atoms with E-state index in [9.17, 15) is 0 Å². The molecule has 0 atom stereocenters. The number of fused-ring (bicyclic) bond motifs is 1. The van der Waals surface area contributed by atoms with Crippen molar-refractivity contribution in [1.29, 1.82) is 0 Å². The van der Waals surface area contributed by atoms with E-state index in [-0.39, 0.29) is 12.4 Å². The molecule has 5 heteroatoms. The number of aryl methyl sites for hydroxylation is 1. The van der Waals surface area contributed by atoms with Crippen LogP contribution in [0.2, 0.25) is 0 Å². The molecule has 1 saturated heterocycles. The summed E-state index contributed by atoms with van der Waals surface area (Å²) in [6.07, 6.45) is 1.15. The molecule has 1 aliphatic rings. The van der Waals surface area contributed by atoms with Crippen LogP contribution in [0.3, 0.4) is 0 Å². The number of halogens is 1. The normalized spacial score (nSPS) is 17.0. The lowest BCUT2D eigenvalue weighted by Gasteiger charge is -2.32. The van der Waals surface area contributed by atoms with Gasteiger partial charge in [-0.25, -0.2) is 4.98 Å². The number of hydrogen-bond acceptors (Lipinski definition) is 3. The van der Waals surface area contributed by atoms with Gasteiger partial charge in [0.05, 0.1) is 17.6 Å². The summed E-state index contributed by atoms with van der Waals surface area (Å²) < 4.78 is 2.40. The molecular weight excluding hydrogens is 284 g/mol. The number of benzene rings is 1. The molecule has 1 fully saturated rings. The third-order valence-electron chi connectivity index (χ3n) is 4.14. The Labute approximate surface area is 133 Å². The van der Waals surface area contributed by atoms with Crippen molar-refractivity contribution in [1.82, 2.24) is 19.4 Å². The number of hydrogen-bond donors (Lipinski definition) is 0. The lowest BCUT2D eigenvalue weighted by Crippen LogP contribution is -2.44. The monoisotopic (exact) mass is 308 g/mol. The van der Waals surface area contributed by atoms with E-state index in [1.54, 1.807) is 0 Å². The van der Waals surface area contributed by atoms with Crippen LogP contribution in [0.15, 0.2) is 24.3 Å². The Balaban J connectivity index is 0.00000161. The average molecular weight is 309 g/mol. The molecule has 1 aliphatic heterocycles. The van der Waals surface area contributed by atoms with Gasteiger partial charge < -0.3 is 9.47 Å². The Morgan fingerprint density at radius 3 is 2.52 bits per heavy atom. The highest BCUT2D eigenvalue weighted by atomic mass is 35.5. The molecule has 1 aromatic carbocycles. The summed E-state index contributed by atoms with van der Waals surface area (Å²) >= 11 is 0. The molecule has 0 bridgehead atoms. The van der Waals surface area contributed by atoms with Crippen molar-refractivity contribution in [3.63, 3.8) is 0 Å². The minimum absolute atomic E-state index is 0. The van der Waals surface area contributed by atoms with E-state index in [0.717, 1.165) is 51.2 Å². The molecule has 0 spiro atoms. The quantitative estimate of drug-likeness (QED) is 0.868. The summed E-state index contributed by atoms with van der Waals surface area (Å²) in [5.41, 5.74) is 2.41. The maximum atomic E-state index is 4.85. The van der Waals surface area contributed by atoms with E-state index >= 15 is 0 Å². The van der Waals surface area contributed by atoms with Crippen LogP contribution in [0.25, 0.3) is 11.0 Å². The Bertz CT molecular complexity index is 573. The Morgan fingerprint density at radius 2 is 1.81 bits per heavy atom. The van der Waals surface area contributed by atoms with Crippen LogP contribution in [0.5, 0.6) is 0 Å². The Kier molecular flexibility index (Phi) is 5.62. The van der Waals surface area contributed by atoms with Gasteiger partial charge in [0, 0.05) is 32.7 Å². The van der Waals surface area contributed by atoms with Crippen LogP contribution in [0.1, 0.15) is 19.2 Å². The number of para-hydroxylation sites is 2. The maximum absolute atomic E-state index is 4.85. The van der Waals surface area contributed by atoms with Gasteiger partial charge >= 0.3 is 0 Å². The average Bonchev–Trinajstić information content (AvgIpc) is 2.80. The van der Waals surface area contributed by atoms with Crippen molar-refractivity contribution in [2.45, 2.75) is 26.4 Å². The van der Waals surface area contributed by atoms with Crippen LogP contribution in [0.4, 0.5) is 0 Å². The Hall–Kier alpha value is -1.10. The first kappa shape index (κ1) is 16.3. The van der Waals surface area contributed by atoms with Crippen LogP contribution >= 0.6 is 12.4 Å². The molecule has 0 radical (unpaired) electrons. The lowest BCUT2D eigenvalue weighted by atomic mass is 10.3. The standard InChI is InChI=1S/C16H24N4.ClH/c1-3-8-20-15-7-5-4-6-14(15)17-16(20)13-19-11-9-18(2)10-12-19;/h4-7H,3,8-13H2,1-2H3;1H. The van der Waals surface area contributed by atoms with Gasteiger partial charge in [-0.15, -0.1) is 12.4 Å². The summed E-state index contributed by atoms with van der Waals surface area (Å²) in [4.78, 5) is 9.77. The summed E-state index contributed by atoms with van der Waals surface area (Å²) in [6, 6.07) is 8.49. The highest BCUT2D eigenvalue weighted by Crippen LogP contribution is 2.18. The van der Waals surface area contributed by atoms with E-state index in [2.05, 4.69) is 52.6 Å². The zero-order valence-corrected chi connectivity index (χ0v) is 13.8. The zero-order chi connectivity index (χ0) is 13.9. The fraction of sp³-hybridized carbons (Fsp3) is 0.562. The predicted octanol–water partition coefficient (Wildman–Crippen LogP) is 2.62. The first-order valence-electron chi connectivity index (χ1n) is 7.63. The van der Waals surface area contributed by atoms with Gasteiger partial charge in [0.1, 0.15) is 5.82 Å². The van der Waals surface area contributed by atoms with Crippen LogP contribution in [-0.2, 0) is 13.1 Å². The van der Waals surface area contributed by atoms with Crippen molar-refractivity contribution in [2.75, 3.05) is 33.2 Å². The number of likely N-dealkylation sites (N-methyl/N-ethyl adjacent to an activating group) is 1. The van der Waals surface area contributed by atoms with Gasteiger partial charge in [-0.3, -0.25) is 4.90 Å². The molecule has 2 heterocycles. The van der Waals surface area contributed by atoms with Gasteiger partial charge in [0.25, 0.3) is 0 Å². The molecule has 0 amide bonds. The van der Waals surface area contributed by atoms with E-state index in [1.165, 1.54) is 11.3 Å². The van der Waals surface area contributed by atoms with E-state index in [1.807, 2.05) is 0 Å². The van der Waals surface area contributed by atoms with E-state index in [0.29, 0.717) is 0 Å². The SMILES string of the molecule is CCCn1c(CN2CCN(C)CC2)nc2ccccc21.Cl. The molecule has 0 N–H and O–H groups in total. The molecule has 3 rings (SSSR count). The topological polar surface area (TPSA) is 24.3 Å². The minimum atomic E-state index is 0. The molecular formula is C16H25ClN4. The van der Waals surface area contributed by atoms with E-state index < -0.39 is 0 Å². The maximum Gasteiger partial charge on any atom is 0.124 e. The van der Waals surface area contributed by atoms with Crippen LogP contribution < -0.4 is 0 Å². The van der Waals surface area contributed by atoms with Crippen molar-refractivity contribution < 1.29 is 0 Å².